The standard InChI is InChI=1S/C27H25N3O13S/c31-23-21(9-10-40-27(33)42-12-17-3-7-19(8-4-17)30(36)37)24-28(23)22(26(44-24)43-20-13-38-15-39-14-20)25(32)41-11-16-1-5-18(6-2-16)29(34)35/h1-8,20-21,24H,9-15H2/t21?,24-/m0/s1. The average molecular weight is 632 g/mol. The number of nitro benzene ring substituents is 2. The maximum Gasteiger partial charge on any atom is 0.508 e. The maximum absolute atomic E-state index is 13.2. The molecule has 2 atom stereocenters. The van der Waals surface area contributed by atoms with Crippen molar-refractivity contribution in [1.82, 2.24) is 4.90 Å². The predicted octanol–water partition coefficient (Wildman–Crippen LogP) is 3.38. The Morgan fingerprint density at radius 3 is 2.02 bits per heavy atom. The van der Waals surface area contributed by atoms with Gasteiger partial charge < -0.3 is 28.4 Å². The number of β-lactam (4-membered cyclic amide) rings is 1. The lowest BCUT2D eigenvalue weighted by molar-refractivity contribution is -0.385. The number of thioether (sulfide) groups is 1. The molecule has 0 saturated carbocycles. The van der Waals surface area contributed by atoms with Gasteiger partial charge in [-0.1, -0.05) is 11.8 Å². The zero-order valence-electron chi connectivity index (χ0n) is 22.9. The summed E-state index contributed by atoms with van der Waals surface area (Å²) < 4.78 is 32.0. The van der Waals surface area contributed by atoms with E-state index in [1.54, 1.807) is 0 Å². The molecule has 44 heavy (non-hydrogen) atoms. The molecule has 3 aliphatic heterocycles. The third kappa shape index (κ3) is 7.07. The maximum atomic E-state index is 13.2. The molecule has 5 rings (SSSR count). The molecule has 2 aromatic carbocycles. The zero-order chi connectivity index (χ0) is 31.2. The van der Waals surface area contributed by atoms with Crippen LogP contribution in [-0.2, 0) is 51.2 Å². The van der Waals surface area contributed by atoms with Crippen LogP contribution < -0.4 is 0 Å². The molecule has 1 unspecified atom stereocenters. The Morgan fingerprint density at radius 2 is 1.45 bits per heavy atom. The molecule has 2 fully saturated rings. The van der Waals surface area contributed by atoms with Crippen LogP contribution in [0.15, 0.2) is 59.3 Å². The summed E-state index contributed by atoms with van der Waals surface area (Å²) in [5.74, 6) is -1.80. The van der Waals surface area contributed by atoms with E-state index in [-0.39, 0.29) is 74.3 Å². The fourth-order valence-electron chi connectivity index (χ4n) is 4.48. The molecule has 0 N–H and O–H groups in total. The van der Waals surface area contributed by atoms with Crippen LogP contribution in [0, 0.1) is 26.1 Å². The summed E-state index contributed by atoms with van der Waals surface area (Å²) in [7, 11) is 0. The lowest BCUT2D eigenvalue weighted by Gasteiger charge is -2.41. The first-order valence-corrected chi connectivity index (χ1v) is 14.1. The van der Waals surface area contributed by atoms with E-state index in [2.05, 4.69) is 0 Å². The molecule has 0 aromatic heterocycles. The number of amides is 1. The van der Waals surface area contributed by atoms with Crippen LogP contribution in [-0.4, -0.2) is 70.9 Å². The van der Waals surface area contributed by atoms with Gasteiger partial charge in [0.15, 0.2) is 10.8 Å². The van der Waals surface area contributed by atoms with Gasteiger partial charge in [-0.3, -0.25) is 29.9 Å². The fraction of sp³-hybridized carbons (Fsp3) is 0.370. The normalized spacial score (nSPS) is 19.5. The van der Waals surface area contributed by atoms with Crippen LogP contribution in [0.1, 0.15) is 17.5 Å². The van der Waals surface area contributed by atoms with Crippen LogP contribution in [0.3, 0.4) is 0 Å². The lowest BCUT2D eigenvalue weighted by Crippen LogP contribution is -2.57. The van der Waals surface area contributed by atoms with Crippen molar-refractivity contribution in [2.45, 2.75) is 31.1 Å². The van der Waals surface area contributed by atoms with E-state index in [0.717, 1.165) is 11.8 Å². The summed E-state index contributed by atoms with van der Waals surface area (Å²) in [6.45, 7) is 0.0542. The van der Waals surface area contributed by atoms with Crippen LogP contribution in [0.4, 0.5) is 16.2 Å². The largest absolute Gasteiger partial charge is 0.508 e. The highest BCUT2D eigenvalue weighted by atomic mass is 32.2. The van der Waals surface area contributed by atoms with Crippen molar-refractivity contribution in [3.63, 3.8) is 0 Å². The molecule has 0 spiro atoms. The van der Waals surface area contributed by atoms with Crippen LogP contribution >= 0.6 is 11.8 Å². The summed E-state index contributed by atoms with van der Waals surface area (Å²) in [5, 5.41) is 21.3. The number of carbonyl (C=O) groups excluding carboxylic acids is 3. The minimum absolute atomic E-state index is 0.0721. The first kappa shape index (κ1) is 30.7. The Labute approximate surface area is 253 Å². The molecule has 3 aliphatic rings. The van der Waals surface area contributed by atoms with Crippen molar-refractivity contribution in [1.29, 1.82) is 0 Å². The summed E-state index contributed by atoms with van der Waals surface area (Å²) >= 11 is 1.15. The van der Waals surface area contributed by atoms with Gasteiger partial charge in [0.1, 0.15) is 31.5 Å². The highest BCUT2D eigenvalue weighted by molar-refractivity contribution is 8.03. The van der Waals surface area contributed by atoms with Crippen molar-refractivity contribution >= 4 is 41.2 Å². The van der Waals surface area contributed by atoms with Crippen molar-refractivity contribution in [3.05, 3.63) is 90.7 Å². The number of benzene rings is 2. The van der Waals surface area contributed by atoms with Gasteiger partial charge in [-0.15, -0.1) is 0 Å². The number of hydrogen-bond donors (Lipinski definition) is 0. The SMILES string of the molecule is O=C(OCCC1C(=O)N2C(C(=O)OCc3ccc([N+](=O)[O-])cc3)=C(OC3COCOC3)S[C@@H]12)OCc1ccc([N+](=O)[O-])cc1. The molecule has 232 valence electrons. The van der Waals surface area contributed by atoms with E-state index < -0.39 is 39.4 Å². The van der Waals surface area contributed by atoms with E-state index in [9.17, 15) is 34.6 Å². The number of esters is 1. The third-order valence-corrected chi connectivity index (χ3v) is 8.01. The molecule has 3 heterocycles. The van der Waals surface area contributed by atoms with E-state index in [1.807, 2.05) is 0 Å². The fourth-order valence-corrected chi connectivity index (χ4v) is 5.91. The number of fused-ring (bicyclic) bond motifs is 1. The monoisotopic (exact) mass is 631 g/mol. The van der Waals surface area contributed by atoms with Crippen LogP contribution in [0.25, 0.3) is 0 Å². The topological polar surface area (TPSA) is 196 Å². The summed E-state index contributed by atoms with van der Waals surface area (Å²) in [4.78, 5) is 60.2. The smallest absolute Gasteiger partial charge is 0.477 e. The molecular weight excluding hydrogens is 606 g/mol. The molecular formula is C27H25N3O13S. The molecule has 2 aromatic rings. The summed E-state index contributed by atoms with van der Waals surface area (Å²) in [6.07, 6.45) is -1.35. The van der Waals surface area contributed by atoms with Gasteiger partial charge >= 0.3 is 12.1 Å². The zero-order valence-corrected chi connectivity index (χ0v) is 23.7. The second-order valence-electron chi connectivity index (χ2n) is 9.66. The quantitative estimate of drug-likeness (QED) is 0.143. The van der Waals surface area contributed by atoms with Crippen molar-refractivity contribution in [3.8, 4) is 0 Å². The van der Waals surface area contributed by atoms with Crippen molar-refractivity contribution < 1.29 is 52.7 Å². The molecule has 2 saturated heterocycles. The first-order valence-electron chi connectivity index (χ1n) is 13.2. The van der Waals surface area contributed by atoms with Gasteiger partial charge in [0.05, 0.1) is 35.6 Å². The average Bonchev–Trinajstić information content (AvgIpc) is 3.36. The molecule has 0 radical (unpaired) electrons. The van der Waals surface area contributed by atoms with Gasteiger partial charge in [-0.05, 0) is 41.8 Å². The minimum atomic E-state index is -0.971. The van der Waals surface area contributed by atoms with E-state index in [1.165, 1.54) is 53.4 Å². The van der Waals surface area contributed by atoms with Gasteiger partial charge in [-0.25, -0.2) is 9.59 Å². The van der Waals surface area contributed by atoms with E-state index >= 15 is 0 Å². The van der Waals surface area contributed by atoms with Gasteiger partial charge in [0, 0.05) is 24.3 Å². The summed E-state index contributed by atoms with van der Waals surface area (Å²) in [6, 6.07) is 11.0. The van der Waals surface area contributed by atoms with Gasteiger partial charge in [-0.2, -0.15) is 0 Å². The molecule has 0 aliphatic carbocycles. The Kier molecular flexibility index (Phi) is 9.56. The van der Waals surface area contributed by atoms with Crippen LogP contribution in [0.2, 0.25) is 0 Å². The minimum Gasteiger partial charge on any atom is -0.477 e. The van der Waals surface area contributed by atoms with Gasteiger partial charge in [0.2, 0.25) is 5.91 Å². The molecule has 17 heteroatoms. The predicted molar refractivity (Wildman–Crippen MR) is 147 cm³/mol. The highest BCUT2D eigenvalue weighted by Crippen LogP contribution is 2.51. The van der Waals surface area contributed by atoms with E-state index in [0.29, 0.717) is 11.1 Å². The number of ether oxygens (including phenoxy) is 6. The van der Waals surface area contributed by atoms with Crippen molar-refractivity contribution in [2.24, 2.45) is 5.92 Å². The Bertz CT molecular complexity index is 1460. The Hall–Kier alpha value is -4.74. The van der Waals surface area contributed by atoms with E-state index in [4.69, 9.17) is 28.4 Å². The van der Waals surface area contributed by atoms with Crippen LogP contribution in [0.5, 0.6) is 0 Å². The molecule has 0 bridgehead atoms. The number of carbonyl (C=O) groups is 3. The van der Waals surface area contributed by atoms with Crippen molar-refractivity contribution in [2.75, 3.05) is 26.6 Å². The number of nitrogens with zero attached hydrogens (tertiary/aromatic N) is 3. The van der Waals surface area contributed by atoms with Gasteiger partial charge in [0.25, 0.3) is 11.4 Å². The number of non-ortho nitro benzene ring substituents is 2. The Balaban J connectivity index is 1.15. The second-order valence-corrected chi connectivity index (χ2v) is 10.7. The molecule has 16 nitrogen and oxygen atoms in total. The number of rotatable bonds is 12. The highest BCUT2D eigenvalue weighted by Gasteiger charge is 2.57. The molecule has 1 amide bonds. The third-order valence-electron chi connectivity index (χ3n) is 6.73. The number of hydrogen-bond acceptors (Lipinski definition) is 14. The lowest BCUT2D eigenvalue weighted by atomic mass is 9.94. The Morgan fingerprint density at radius 1 is 0.886 bits per heavy atom. The first-order chi connectivity index (χ1) is 21.2. The number of nitro groups is 2. The summed E-state index contributed by atoms with van der Waals surface area (Å²) in [5.41, 5.74) is 0.764. The second kappa shape index (κ2) is 13.7.